The lowest BCUT2D eigenvalue weighted by atomic mass is 9.92. The summed E-state index contributed by atoms with van der Waals surface area (Å²) in [7, 11) is -2.28. The first-order valence-corrected chi connectivity index (χ1v) is 13.8. The molecular weight excluding hydrogens is 488 g/mol. The summed E-state index contributed by atoms with van der Waals surface area (Å²) < 4.78 is 35.5. The van der Waals surface area contributed by atoms with E-state index >= 15 is 0 Å². The summed E-state index contributed by atoms with van der Waals surface area (Å²) >= 11 is 0. The van der Waals surface area contributed by atoms with Gasteiger partial charge in [-0.15, -0.1) is 0 Å². The lowest BCUT2D eigenvalue weighted by Crippen LogP contribution is -2.39. The van der Waals surface area contributed by atoms with Gasteiger partial charge in [0.25, 0.3) is 0 Å². The minimum absolute atomic E-state index is 0.230. The van der Waals surface area contributed by atoms with Crippen LogP contribution in [0.3, 0.4) is 0 Å². The van der Waals surface area contributed by atoms with E-state index in [0.717, 1.165) is 16.9 Å². The lowest BCUT2D eigenvalue weighted by Gasteiger charge is -2.23. The van der Waals surface area contributed by atoms with Crippen molar-refractivity contribution in [3.8, 4) is 11.4 Å². The molecule has 0 unspecified atom stereocenters. The topological polar surface area (TPSA) is 93.5 Å². The number of aryl methyl sites for hydroxylation is 3. The number of benzene rings is 2. The van der Waals surface area contributed by atoms with Gasteiger partial charge in [-0.2, -0.15) is 9.40 Å². The van der Waals surface area contributed by atoms with Crippen LogP contribution in [0.5, 0.6) is 5.75 Å². The Morgan fingerprint density at radius 3 is 2.16 bits per heavy atom. The van der Waals surface area contributed by atoms with E-state index in [9.17, 15) is 13.2 Å². The van der Waals surface area contributed by atoms with Crippen molar-refractivity contribution in [2.75, 3.05) is 25.5 Å². The Kier molecular flexibility index (Phi) is 8.49. The van der Waals surface area contributed by atoms with Crippen LogP contribution in [0.2, 0.25) is 0 Å². The number of nitrogens with zero attached hydrogens (tertiary/aromatic N) is 3. The molecule has 8 nitrogen and oxygen atoms in total. The number of ether oxygens (including phenoxy) is 1. The fraction of sp³-hybridized carbons (Fsp3) is 0.429. The smallest absolute Gasteiger partial charge is 0.244 e. The van der Waals surface area contributed by atoms with Crippen LogP contribution >= 0.6 is 0 Å². The number of aromatic nitrogens is 2. The molecule has 2 aromatic carbocycles. The Labute approximate surface area is 220 Å². The van der Waals surface area contributed by atoms with Gasteiger partial charge in [-0.3, -0.25) is 4.79 Å². The molecule has 200 valence electrons. The third-order valence-electron chi connectivity index (χ3n) is 6.06. The summed E-state index contributed by atoms with van der Waals surface area (Å²) in [6.07, 6.45) is 0.578. The quantitative estimate of drug-likeness (QED) is 0.417. The first-order chi connectivity index (χ1) is 17.3. The van der Waals surface area contributed by atoms with Crippen LogP contribution < -0.4 is 10.1 Å². The zero-order valence-electron chi connectivity index (χ0n) is 23.0. The molecular formula is C28H38N4O4S. The maximum Gasteiger partial charge on any atom is 0.244 e. The van der Waals surface area contributed by atoms with E-state index in [4.69, 9.17) is 9.84 Å². The van der Waals surface area contributed by atoms with Gasteiger partial charge in [0.1, 0.15) is 11.6 Å². The van der Waals surface area contributed by atoms with E-state index in [1.54, 1.807) is 25.6 Å². The number of nitrogens with one attached hydrogen (secondary N) is 1. The summed E-state index contributed by atoms with van der Waals surface area (Å²) in [6.45, 7) is 13.5. The van der Waals surface area contributed by atoms with Crippen LogP contribution in [0.4, 0.5) is 5.82 Å². The highest BCUT2D eigenvalue weighted by Gasteiger charge is 2.30. The van der Waals surface area contributed by atoms with E-state index < -0.39 is 15.9 Å². The predicted octanol–water partition coefficient (Wildman–Crippen LogP) is 5.14. The van der Waals surface area contributed by atoms with Gasteiger partial charge in [-0.1, -0.05) is 45.4 Å². The predicted molar refractivity (Wildman–Crippen MR) is 147 cm³/mol. The van der Waals surface area contributed by atoms with Gasteiger partial charge in [0, 0.05) is 18.0 Å². The van der Waals surface area contributed by atoms with Gasteiger partial charge >= 0.3 is 0 Å². The van der Waals surface area contributed by atoms with Crippen molar-refractivity contribution in [3.63, 3.8) is 0 Å². The summed E-state index contributed by atoms with van der Waals surface area (Å²) in [6, 6.07) is 12.9. The molecule has 0 saturated carbocycles. The highest BCUT2D eigenvalue weighted by atomic mass is 32.2. The molecule has 0 aliphatic carbocycles. The number of rotatable bonds is 9. The number of anilines is 1. The molecule has 0 spiro atoms. The summed E-state index contributed by atoms with van der Waals surface area (Å²) in [5.41, 5.74) is 3.63. The molecule has 0 bridgehead atoms. The normalized spacial score (nSPS) is 12.1. The number of hydrogen-bond donors (Lipinski definition) is 1. The molecule has 0 atom stereocenters. The van der Waals surface area contributed by atoms with Gasteiger partial charge in [-0.05, 0) is 62.6 Å². The van der Waals surface area contributed by atoms with Crippen LogP contribution in [0.15, 0.2) is 47.4 Å². The molecule has 9 heteroatoms. The molecule has 1 N–H and O–H groups in total. The molecule has 0 aliphatic rings. The second kappa shape index (κ2) is 11.1. The number of carbonyl (C=O) groups excluding carboxylic acids is 1. The minimum Gasteiger partial charge on any atom is -0.497 e. The van der Waals surface area contributed by atoms with Crippen molar-refractivity contribution in [3.05, 3.63) is 64.8 Å². The average molecular weight is 527 g/mol. The molecule has 1 aromatic heterocycles. The summed E-state index contributed by atoms with van der Waals surface area (Å²) in [4.78, 5) is 13.5. The largest absolute Gasteiger partial charge is 0.497 e. The van der Waals surface area contributed by atoms with E-state index in [2.05, 4.69) is 5.32 Å². The molecule has 0 aliphatic heterocycles. The molecule has 0 saturated heterocycles. The maximum atomic E-state index is 13.7. The van der Waals surface area contributed by atoms with Gasteiger partial charge in [0.15, 0.2) is 0 Å². The second-order valence-electron chi connectivity index (χ2n) is 10.4. The standard InChI is InChI=1S/C28H38N4O4S/c1-9-14-31(37(34,35)27-20(3)15-19(2)16-21(27)4)18-26(33)29-25-17-24(28(5,6)7)30-32(25)22-10-12-23(36-8)13-11-22/h10-13,15-17H,9,14,18H2,1-8H3,(H,29,33). The Bertz CT molecular complexity index is 1350. The van der Waals surface area contributed by atoms with Crippen molar-refractivity contribution in [1.29, 1.82) is 0 Å². The molecule has 1 heterocycles. The van der Waals surface area contributed by atoms with E-state index in [0.29, 0.717) is 29.1 Å². The van der Waals surface area contributed by atoms with E-state index in [1.807, 2.05) is 77.1 Å². The summed E-state index contributed by atoms with van der Waals surface area (Å²) in [5.74, 6) is 0.742. The van der Waals surface area contributed by atoms with Crippen LogP contribution in [0.1, 0.15) is 56.5 Å². The molecule has 0 fully saturated rings. The van der Waals surface area contributed by atoms with Crippen LogP contribution in [-0.2, 0) is 20.2 Å². The van der Waals surface area contributed by atoms with Gasteiger partial charge in [0.05, 0.1) is 29.9 Å². The Morgan fingerprint density at radius 2 is 1.65 bits per heavy atom. The number of methoxy groups -OCH3 is 1. The van der Waals surface area contributed by atoms with Gasteiger partial charge < -0.3 is 10.1 Å². The SMILES string of the molecule is CCCN(CC(=O)Nc1cc(C(C)(C)C)nn1-c1ccc(OC)cc1)S(=O)(=O)c1c(C)cc(C)cc1C. The minimum atomic E-state index is -3.88. The number of hydrogen-bond acceptors (Lipinski definition) is 5. The first-order valence-electron chi connectivity index (χ1n) is 12.4. The van der Waals surface area contributed by atoms with Crippen LogP contribution in [0, 0.1) is 20.8 Å². The van der Waals surface area contributed by atoms with E-state index in [1.165, 1.54) is 4.31 Å². The number of sulfonamides is 1. The first kappa shape index (κ1) is 28.4. The second-order valence-corrected chi connectivity index (χ2v) is 12.3. The molecule has 1 amide bonds. The molecule has 37 heavy (non-hydrogen) atoms. The van der Waals surface area contributed by atoms with Crippen molar-refractivity contribution in [2.24, 2.45) is 0 Å². The van der Waals surface area contributed by atoms with Crippen molar-refractivity contribution < 1.29 is 17.9 Å². The lowest BCUT2D eigenvalue weighted by molar-refractivity contribution is -0.116. The Hall–Kier alpha value is -3.17. The maximum absolute atomic E-state index is 13.7. The number of carbonyl (C=O) groups is 1. The molecule has 3 aromatic rings. The highest BCUT2D eigenvalue weighted by Crippen LogP contribution is 2.28. The van der Waals surface area contributed by atoms with Crippen molar-refractivity contribution in [1.82, 2.24) is 14.1 Å². The fourth-order valence-corrected chi connectivity index (χ4v) is 6.24. The van der Waals surface area contributed by atoms with Crippen molar-refractivity contribution >= 4 is 21.7 Å². The van der Waals surface area contributed by atoms with Gasteiger partial charge in [0.2, 0.25) is 15.9 Å². The van der Waals surface area contributed by atoms with E-state index in [-0.39, 0.29) is 23.4 Å². The zero-order chi connectivity index (χ0) is 27.5. The fourth-order valence-electron chi connectivity index (χ4n) is 4.34. The van der Waals surface area contributed by atoms with Crippen LogP contribution in [-0.4, -0.2) is 48.6 Å². The monoisotopic (exact) mass is 526 g/mol. The van der Waals surface area contributed by atoms with Crippen molar-refractivity contribution in [2.45, 2.75) is 65.2 Å². The highest BCUT2D eigenvalue weighted by molar-refractivity contribution is 7.89. The average Bonchev–Trinajstić information content (AvgIpc) is 3.22. The zero-order valence-corrected chi connectivity index (χ0v) is 23.9. The molecule has 3 rings (SSSR count). The molecule has 0 radical (unpaired) electrons. The summed E-state index contributed by atoms with van der Waals surface area (Å²) in [5, 5.41) is 7.64. The van der Waals surface area contributed by atoms with Gasteiger partial charge in [-0.25, -0.2) is 13.1 Å². The third kappa shape index (κ3) is 6.40. The Morgan fingerprint density at radius 1 is 1.05 bits per heavy atom. The van der Waals surface area contributed by atoms with Crippen LogP contribution in [0.25, 0.3) is 5.69 Å². The Balaban J connectivity index is 1.94. The third-order valence-corrected chi connectivity index (χ3v) is 8.21. The number of amides is 1.